The number of hydrogen-bond acceptors (Lipinski definition) is 3. The van der Waals surface area contributed by atoms with E-state index in [0.717, 1.165) is 25.7 Å². The molecule has 148 valence electrons. The van der Waals surface area contributed by atoms with Gasteiger partial charge in [0.25, 0.3) is 0 Å². The normalized spacial score (nSPS) is 10.8. The van der Waals surface area contributed by atoms with Gasteiger partial charge < -0.3 is 15.3 Å². The Labute approximate surface area is 156 Å². The Morgan fingerprint density at radius 2 is 0.880 bits per heavy atom. The fourth-order valence-corrected chi connectivity index (χ4v) is 1.69. The van der Waals surface area contributed by atoms with Crippen LogP contribution >= 0.6 is 0 Å². The topological polar surface area (TPSA) is 60.7 Å². The molecule has 0 aliphatic rings. The van der Waals surface area contributed by atoms with Gasteiger partial charge in [-0.1, -0.05) is 46.6 Å². The Morgan fingerprint density at radius 3 is 1.08 bits per heavy atom. The molecule has 0 unspecified atom stereocenters. The lowest BCUT2D eigenvalue weighted by Crippen LogP contribution is -1.80. The van der Waals surface area contributed by atoms with Crippen LogP contribution in [0.25, 0.3) is 0 Å². The fraction of sp³-hybridized carbons (Fsp3) is 0.636. The van der Waals surface area contributed by atoms with Crippen LogP contribution in [-0.4, -0.2) is 35.1 Å². The number of allylic oxidation sites excluding steroid dienone is 6. The Kier molecular flexibility index (Phi) is 26.2. The zero-order valence-corrected chi connectivity index (χ0v) is 17.6. The van der Waals surface area contributed by atoms with Crippen LogP contribution < -0.4 is 0 Å². The molecule has 0 fully saturated rings. The standard InChI is InChI=1S/2C10H18O.C2H6O/c2*1-9(2)5-4-6-10(3)7-8-11;1-2-3/h2*5,7,11H,4,6,8H2,1-3H3;3H,2H2,1H3/b10-7+;10-7-;. The summed E-state index contributed by atoms with van der Waals surface area (Å²) >= 11 is 0. The van der Waals surface area contributed by atoms with E-state index in [4.69, 9.17) is 15.3 Å². The van der Waals surface area contributed by atoms with E-state index in [-0.39, 0.29) is 19.8 Å². The molecule has 3 nitrogen and oxygen atoms in total. The first-order chi connectivity index (χ1) is 11.7. The largest absolute Gasteiger partial charge is 0.397 e. The molecule has 3 heteroatoms. The maximum Gasteiger partial charge on any atom is 0.0614 e. The van der Waals surface area contributed by atoms with Crippen LogP contribution in [0, 0.1) is 0 Å². The molecule has 0 radical (unpaired) electrons. The van der Waals surface area contributed by atoms with Gasteiger partial charge in [0.1, 0.15) is 0 Å². The predicted molar refractivity (Wildman–Crippen MR) is 112 cm³/mol. The van der Waals surface area contributed by atoms with Gasteiger partial charge in [-0.05, 0) is 74.1 Å². The molecular weight excluding hydrogens is 312 g/mol. The first-order valence-corrected chi connectivity index (χ1v) is 9.15. The molecule has 0 heterocycles. The van der Waals surface area contributed by atoms with Crippen LogP contribution in [0.3, 0.4) is 0 Å². The van der Waals surface area contributed by atoms with Crippen LogP contribution in [0.1, 0.15) is 74.1 Å². The summed E-state index contributed by atoms with van der Waals surface area (Å²) in [5, 5.41) is 24.7. The van der Waals surface area contributed by atoms with Gasteiger partial charge in [-0.25, -0.2) is 0 Å². The van der Waals surface area contributed by atoms with Gasteiger partial charge in [0.2, 0.25) is 0 Å². The first kappa shape index (κ1) is 28.6. The van der Waals surface area contributed by atoms with E-state index >= 15 is 0 Å². The van der Waals surface area contributed by atoms with Crippen LogP contribution in [0.2, 0.25) is 0 Å². The second-order valence-electron chi connectivity index (χ2n) is 6.42. The minimum atomic E-state index is 0.167. The highest BCUT2D eigenvalue weighted by atomic mass is 16.3. The number of aliphatic hydroxyl groups excluding tert-OH is 3. The van der Waals surface area contributed by atoms with Gasteiger partial charge in [-0.2, -0.15) is 0 Å². The predicted octanol–water partition coefficient (Wildman–Crippen LogP) is 5.34. The summed E-state index contributed by atoms with van der Waals surface area (Å²) in [5.41, 5.74) is 5.26. The summed E-state index contributed by atoms with van der Waals surface area (Å²) in [6, 6.07) is 0. The third-order valence-electron chi connectivity index (χ3n) is 3.06. The van der Waals surface area contributed by atoms with Crippen LogP contribution in [0.5, 0.6) is 0 Å². The molecule has 0 bridgehead atoms. The van der Waals surface area contributed by atoms with Crippen molar-refractivity contribution in [2.24, 2.45) is 0 Å². The molecule has 0 saturated carbocycles. The third-order valence-corrected chi connectivity index (χ3v) is 3.06. The van der Waals surface area contributed by atoms with E-state index in [9.17, 15) is 0 Å². The first-order valence-electron chi connectivity index (χ1n) is 9.15. The lowest BCUT2D eigenvalue weighted by atomic mass is 10.1. The van der Waals surface area contributed by atoms with Crippen molar-refractivity contribution in [1.29, 1.82) is 0 Å². The second kappa shape index (κ2) is 22.8. The quantitative estimate of drug-likeness (QED) is 0.515. The van der Waals surface area contributed by atoms with Crippen molar-refractivity contribution in [2.75, 3.05) is 19.8 Å². The Hall–Kier alpha value is -1.16. The number of aliphatic hydroxyl groups is 3. The molecule has 25 heavy (non-hydrogen) atoms. The van der Waals surface area contributed by atoms with Crippen LogP contribution in [0.4, 0.5) is 0 Å². The summed E-state index contributed by atoms with van der Waals surface area (Å²) in [6.45, 7) is 14.8. The summed E-state index contributed by atoms with van der Waals surface area (Å²) in [5.74, 6) is 0. The summed E-state index contributed by atoms with van der Waals surface area (Å²) in [6.07, 6.45) is 12.5. The molecule has 0 spiro atoms. The molecule has 0 amide bonds. The van der Waals surface area contributed by atoms with Crippen molar-refractivity contribution in [2.45, 2.75) is 74.1 Å². The van der Waals surface area contributed by atoms with Crippen molar-refractivity contribution in [3.8, 4) is 0 Å². The monoisotopic (exact) mass is 354 g/mol. The van der Waals surface area contributed by atoms with Crippen molar-refractivity contribution < 1.29 is 15.3 Å². The number of rotatable bonds is 8. The molecule has 0 aliphatic carbocycles. The summed E-state index contributed by atoms with van der Waals surface area (Å²) < 4.78 is 0. The Morgan fingerprint density at radius 1 is 0.600 bits per heavy atom. The third kappa shape index (κ3) is 35.0. The van der Waals surface area contributed by atoms with Crippen LogP contribution in [0.15, 0.2) is 46.6 Å². The minimum Gasteiger partial charge on any atom is -0.397 e. The zero-order chi connectivity index (χ0) is 20.1. The highest BCUT2D eigenvalue weighted by Crippen LogP contribution is 2.06. The zero-order valence-electron chi connectivity index (χ0n) is 17.6. The van der Waals surface area contributed by atoms with Gasteiger partial charge in [0.15, 0.2) is 0 Å². The molecule has 0 aromatic rings. The van der Waals surface area contributed by atoms with Crippen molar-refractivity contribution in [3.05, 3.63) is 46.6 Å². The molecule has 0 rings (SSSR count). The minimum absolute atomic E-state index is 0.167. The average Bonchev–Trinajstić information content (AvgIpc) is 2.48. The van der Waals surface area contributed by atoms with Crippen molar-refractivity contribution in [1.82, 2.24) is 0 Å². The molecule has 3 N–H and O–H groups in total. The van der Waals surface area contributed by atoms with Gasteiger partial charge in [-0.15, -0.1) is 0 Å². The fourth-order valence-electron chi connectivity index (χ4n) is 1.69. The summed E-state index contributed by atoms with van der Waals surface area (Å²) in [7, 11) is 0. The SMILES string of the molecule is CC(C)=CCC/C(C)=C/CO.CC(C)=CCC/C(C)=C\CO.CCO. The van der Waals surface area contributed by atoms with E-state index < -0.39 is 0 Å². The number of hydrogen-bond donors (Lipinski definition) is 3. The Balaban J connectivity index is -0.000000334. The maximum atomic E-state index is 8.55. The molecule has 0 saturated heterocycles. The van der Waals surface area contributed by atoms with E-state index in [1.54, 1.807) is 6.92 Å². The van der Waals surface area contributed by atoms with E-state index in [1.807, 2.05) is 12.2 Å². The Bertz CT molecular complexity index is 355. The van der Waals surface area contributed by atoms with E-state index in [2.05, 4.69) is 53.7 Å². The van der Waals surface area contributed by atoms with Gasteiger partial charge >= 0.3 is 0 Å². The highest BCUT2D eigenvalue weighted by Gasteiger charge is 1.87. The average molecular weight is 355 g/mol. The second-order valence-corrected chi connectivity index (χ2v) is 6.42. The highest BCUT2D eigenvalue weighted by molar-refractivity contribution is 5.02. The lowest BCUT2D eigenvalue weighted by molar-refractivity contribution is 0.318. The lowest BCUT2D eigenvalue weighted by Gasteiger charge is -1.96. The smallest absolute Gasteiger partial charge is 0.0614 e. The van der Waals surface area contributed by atoms with Gasteiger partial charge in [0, 0.05) is 6.61 Å². The van der Waals surface area contributed by atoms with Gasteiger partial charge in [-0.3, -0.25) is 0 Å². The maximum absolute atomic E-state index is 8.55. The molecule has 0 aromatic carbocycles. The van der Waals surface area contributed by atoms with E-state index in [0.29, 0.717) is 0 Å². The molecular formula is C22H42O3. The van der Waals surface area contributed by atoms with Crippen LogP contribution in [-0.2, 0) is 0 Å². The van der Waals surface area contributed by atoms with E-state index in [1.165, 1.54) is 22.3 Å². The molecule has 0 aliphatic heterocycles. The molecule has 0 aromatic heterocycles. The van der Waals surface area contributed by atoms with Crippen molar-refractivity contribution >= 4 is 0 Å². The van der Waals surface area contributed by atoms with Crippen molar-refractivity contribution in [3.63, 3.8) is 0 Å². The summed E-state index contributed by atoms with van der Waals surface area (Å²) in [4.78, 5) is 0. The molecule has 0 atom stereocenters. The van der Waals surface area contributed by atoms with Gasteiger partial charge in [0.05, 0.1) is 13.2 Å².